The number of nitrogens with zero attached hydrogens (tertiary/aromatic N) is 2. The van der Waals surface area contributed by atoms with Crippen molar-refractivity contribution >= 4 is 22.4 Å². The highest BCUT2D eigenvalue weighted by molar-refractivity contribution is 5.94. The van der Waals surface area contributed by atoms with Crippen molar-refractivity contribution in [2.24, 2.45) is 0 Å². The SMILES string of the molecule is Cc1cc(CNc2ccc(N)c3nonc23)cc(C)c1F. The van der Waals surface area contributed by atoms with E-state index in [0.29, 0.717) is 34.4 Å². The van der Waals surface area contributed by atoms with Gasteiger partial charge in [-0.2, -0.15) is 0 Å². The molecule has 0 saturated heterocycles. The zero-order chi connectivity index (χ0) is 15.0. The topological polar surface area (TPSA) is 77.0 Å². The van der Waals surface area contributed by atoms with Crippen LogP contribution in [0.25, 0.3) is 11.0 Å². The number of aryl methyl sites for hydroxylation is 2. The van der Waals surface area contributed by atoms with Gasteiger partial charge in [0, 0.05) is 6.54 Å². The molecule has 3 N–H and O–H groups in total. The highest BCUT2D eigenvalue weighted by Gasteiger charge is 2.10. The first kappa shape index (κ1) is 13.4. The first-order chi connectivity index (χ1) is 10.1. The number of halogens is 1. The monoisotopic (exact) mass is 286 g/mol. The van der Waals surface area contributed by atoms with E-state index in [2.05, 4.69) is 15.6 Å². The van der Waals surface area contributed by atoms with Gasteiger partial charge in [-0.1, -0.05) is 12.1 Å². The molecule has 0 spiro atoms. The first-order valence-electron chi connectivity index (χ1n) is 6.56. The van der Waals surface area contributed by atoms with Crippen LogP contribution in [-0.2, 0) is 6.54 Å². The Balaban J connectivity index is 1.87. The number of nitrogens with two attached hydrogens (primary N) is 1. The molecule has 0 aliphatic heterocycles. The zero-order valence-electron chi connectivity index (χ0n) is 11.8. The molecular formula is C15H15FN4O. The van der Waals surface area contributed by atoms with Gasteiger partial charge in [-0.25, -0.2) is 9.02 Å². The molecule has 1 aromatic heterocycles. The maximum Gasteiger partial charge on any atom is 0.160 e. The second kappa shape index (κ2) is 5.05. The number of hydrogen-bond donors (Lipinski definition) is 2. The maximum atomic E-state index is 13.6. The van der Waals surface area contributed by atoms with E-state index >= 15 is 0 Å². The fraction of sp³-hybridized carbons (Fsp3) is 0.200. The van der Waals surface area contributed by atoms with E-state index in [1.807, 2.05) is 18.2 Å². The summed E-state index contributed by atoms with van der Waals surface area (Å²) in [5, 5.41) is 10.9. The molecule has 108 valence electrons. The lowest BCUT2D eigenvalue weighted by molar-refractivity contribution is 0.316. The van der Waals surface area contributed by atoms with E-state index in [9.17, 15) is 4.39 Å². The lowest BCUT2D eigenvalue weighted by Gasteiger charge is -2.10. The number of hydrogen-bond acceptors (Lipinski definition) is 5. The molecular weight excluding hydrogens is 271 g/mol. The van der Waals surface area contributed by atoms with Crippen molar-refractivity contribution in [3.8, 4) is 0 Å². The van der Waals surface area contributed by atoms with Crippen molar-refractivity contribution in [3.05, 3.63) is 46.8 Å². The van der Waals surface area contributed by atoms with E-state index in [-0.39, 0.29) is 5.82 Å². The van der Waals surface area contributed by atoms with Crippen LogP contribution in [0.1, 0.15) is 16.7 Å². The Morgan fingerprint density at radius 1 is 1.14 bits per heavy atom. The van der Waals surface area contributed by atoms with Crippen molar-refractivity contribution in [1.82, 2.24) is 10.3 Å². The third-order valence-corrected chi connectivity index (χ3v) is 3.43. The Hall–Kier alpha value is -2.63. The van der Waals surface area contributed by atoms with Crippen LogP contribution in [0.3, 0.4) is 0 Å². The van der Waals surface area contributed by atoms with Crippen LogP contribution in [0.2, 0.25) is 0 Å². The Labute approximate surface area is 120 Å². The third kappa shape index (κ3) is 2.40. The van der Waals surface area contributed by atoms with Gasteiger partial charge in [-0.15, -0.1) is 0 Å². The summed E-state index contributed by atoms with van der Waals surface area (Å²) in [6.45, 7) is 4.07. The van der Waals surface area contributed by atoms with Crippen molar-refractivity contribution in [3.63, 3.8) is 0 Å². The minimum Gasteiger partial charge on any atom is -0.397 e. The van der Waals surface area contributed by atoms with Gasteiger partial charge in [0.05, 0.1) is 11.4 Å². The Bertz CT molecular complexity index is 790. The van der Waals surface area contributed by atoms with Gasteiger partial charge in [0.25, 0.3) is 0 Å². The highest BCUT2D eigenvalue weighted by atomic mass is 19.1. The molecule has 21 heavy (non-hydrogen) atoms. The number of aromatic nitrogens is 2. The van der Waals surface area contributed by atoms with Crippen LogP contribution < -0.4 is 11.1 Å². The minimum atomic E-state index is -0.158. The maximum absolute atomic E-state index is 13.6. The molecule has 0 radical (unpaired) electrons. The van der Waals surface area contributed by atoms with E-state index in [1.54, 1.807) is 19.9 Å². The van der Waals surface area contributed by atoms with Gasteiger partial charge in [-0.3, -0.25) is 0 Å². The molecule has 0 saturated carbocycles. The smallest absolute Gasteiger partial charge is 0.160 e. The summed E-state index contributed by atoms with van der Waals surface area (Å²) in [6, 6.07) is 7.22. The highest BCUT2D eigenvalue weighted by Crippen LogP contribution is 2.25. The molecule has 0 bridgehead atoms. The quantitative estimate of drug-likeness (QED) is 0.723. The van der Waals surface area contributed by atoms with Crippen molar-refractivity contribution < 1.29 is 9.02 Å². The second-order valence-corrected chi connectivity index (χ2v) is 5.06. The molecule has 0 aliphatic rings. The molecule has 6 heteroatoms. The first-order valence-corrected chi connectivity index (χ1v) is 6.56. The van der Waals surface area contributed by atoms with Crippen molar-refractivity contribution in [2.45, 2.75) is 20.4 Å². The minimum absolute atomic E-state index is 0.158. The predicted octanol–water partition coefficient (Wildman–Crippen LogP) is 3.17. The van der Waals surface area contributed by atoms with Crippen LogP contribution in [0, 0.1) is 19.7 Å². The van der Waals surface area contributed by atoms with Gasteiger partial charge in [-0.05, 0) is 53.0 Å². The largest absolute Gasteiger partial charge is 0.397 e. The molecule has 0 unspecified atom stereocenters. The fourth-order valence-corrected chi connectivity index (χ4v) is 2.36. The predicted molar refractivity (Wildman–Crippen MR) is 79.4 cm³/mol. The van der Waals surface area contributed by atoms with E-state index in [0.717, 1.165) is 11.3 Å². The Morgan fingerprint density at radius 2 is 1.81 bits per heavy atom. The summed E-state index contributed by atoms with van der Waals surface area (Å²) in [6.07, 6.45) is 0. The van der Waals surface area contributed by atoms with Gasteiger partial charge in [0.1, 0.15) is 5.82 Å². The molecule has 0 amide bonds. The number of rotatable bonds is 3. The van der Waals surface area contributed by atoms with Gasteiger partial charge in [0.15, 0.2) is 11.0 Å². The van der Waals surface area contributed by atoms with Crippen molar-refractivity contribution in [2.75, 3.05) is 11.1 Å². The summed E-state index contributed by atoms with van der Waals surface area (Å²) >= 11 is 0. The molecule has 0 fully saturated rings. The summed E-state index contributed by atoms with van der Waals surface area (Å²) in [4.78, 5) is 0. The molecule has 2 aromatic carbocycles. The van der Waals surface area contributed by atoms with E-state index in [1.165, 1.54) is 0 Å². The molecule has 1 heterocycles. The van der Waals surface area contributed by atoms with E-state index < -0.39 is 0 Å². The van der Waals surface area contributed by atoms with Crippen molar-refractivity contribution in [1.29, 1.82) is 0 Å². The number of nitrogen functional groups attached to an aromatic ring is 1. The van der Waals surface area contributed by atoms with Crippen LogP contribution in [0.4, 0.5) is 15.8 Å². The van der Waals surface area contributed by atoms with Crippen LogP contribution in [-0.4, -0.2) is 10.3 Å². The zero-order valence-corrected chi connectivity index (χ0v) is 11.8. The summed E-state index contributed by atoms with van der Waals surface area (Å²) < 4.78 is 18.3. The molecule has 3 aromatic rings. The average Bonchev–Trinajstić information content (AvgIpc) is 2.94. The summed E-state index contributed by atoms with van der Waals surface area (Å²) in [5.41, 5.74) is 10.5. The molecule has 3 rings (SSSR count). The Kier molecular flexibility index (Phi) is 3.21. The van der Waals surface area contributed by atoms with Crippen LogP contribution in [0.15, 0.2) is 28.9 Å². The lowest BCUT2D eigenvalue weighted by Crippen LogP contribution is -2.02. The van der Waals surface area contributed by atoms with Gasteiger partial charge >= 0.3 is 0 Å². The summed E-state index contributed by atoms with van der Waals surface area (Å²) in [7, 11) is 0. The van der Waals surface area contributed by atoms with Gasteiger partial charge in [0.2, 0.25) is 0 Å². The standard InChI is InChI=1S/C15H15FN4O/c1-8-5-10(6-9(2)13(8)16)7-18-12-4-3-11(17)14-15(12)20-21-19-14/h3-6,18H,7,17H2,1-2H3. The van der Waals surface area contributed by atoms with Gasteiger partial charge < -0.3 is 11.1 Å². The number of fused-ring (bicyclic) bond motifs is 1. The third-order valence-electron chi connectivity index (χ3n) is 3.43. The summed E-state index contributed by atoms with van der Waals surface area (Å²) in [5.74, 6) is -0.158. The average molecular weight is 286 g/mol. The number of nitrogens with one attached hydrogen (secondary N) is 1. The number of anilines is 2. The fourth-order valence-electron chi connectivity index (χ4n) is 2.36. The molecule has 0 atom stereocenters. The normalized spacial score (nSPS) is 11.0. The van der Waals surface area contributed by atoms with E-state index in [4.69, 9.17) is 10.4 Å². The molecule has 0 aliphatic carbocycles. The molecule has 5 nitrogen and oxygen atoms in total. The van der Waals surface area contributed by atoms with Crippen LogP contribution >= 0.6 is 0 Å². The lowest BCUT2D eigenvalue weighted by atomic mass is 10.1. The Morgan fingerprint density at radius 3 is 2.52 bits per heavy atom. The van der Waals surface area contributed by atoms with Crippen LogP contribution in [0.5, 0.6) is 0 Å². The number of benzene rings is 2. The second-order valence-electron chi connectivity index (χ2n) is 5.06.